The van der Waals surface area contributed by atoms with E-state index in [1.54, 1.807) is 12.1 Å². The summed E-state index contributed by atoms with van der Waals surface area (Å²) < 4.78 is 5.87. The summed E-state index contributed by atoms with van der Waals surface area (Å²) in [6.45, 7) is 7.56. The van der Waals surface area contributed by atoms with E-state index in [1.165, 1.54) is 19.3 Å². The highest BCUT2D eigenvalue weighted by Crippen LogP contribution is 2.29. The first kappa shape index (κ1) is 21.7. The molecule has 0 amide bonds. The lowest BCUT2D eigenvalue weighted by Gasteiger charge is -2.13. The van der Waals surface area contributed by atoms with Gasteiger partial charge in [-0.15, -0.1) is 0 Å². The van der Waals surface area contributed by atoms with Crippen molar-refractivity contribution < 1.29 is 14.9 Å². The summed E-state index contributed by atoms with van der Waals surface area (Å²) in [5.74, 6) is 2.31. The van der Waals surface area contributed by atoms with Crippen LogP contribution in [-0.2, 0) is 0 Å². The maximum atomic E-state index is 9.39. The zero-order chi connectivity index (χ0) is 19.8. The number of rotatable bonds is 10. The highest BCUT2D eigenvalue weighted by molar-refractivity contribution is 6.31. The monoisotopic (exact) mass is 390 g/mol. The summed E-state index contributed by atoms with van der Waals surface area (Å²) in [7, 11) is 0. The highest BCUT2D eigenvalue weighted by Gasteiger charge is 2.10. The van der Waals surface area contributed by atoms with Crippen LogP contribution in [0.5, 0.6) is 5.75 Å². The second-order valence-electron chi connectivity index (χ2n) is 7.70. The van der Waals surface area contributed by atoms with Crippen LogP contribution in [0.25, 0.3) is 11.1 Å². The summed E-state index contributed by atoms with van der Waals surface area (Å²) in [4.78, 5) is 0. The Labute approximate surface area is 168 Å². The van der Waals surface area contributed by atoms with Crippen LogP contribution in [0.2, 0.25) is 5.02 Å². The number of benzene rings is 2. The van der Waals surface area contributed by atoms with Crippen LogP contribution < -0.4 is 4.74 Å². The van der Waals surface area contributed by atoms with E-state index in [1.807, 2.05) is 30.3 Å². The van der Waals surface area contributed by atoms with Gasteiger partial charge in [-0.05, 0) is 53.6 Å². The standard InChI is InChI=1S/C23H31ClO3/c1-16(2)5-4-6-17(3)13-14-27-20-10-7-18(8-11-20)19-9-12-22(24)21(15-19)23(25)26/h7-12,15-17,23,25-26H,4-6,13-14H2,1-3H3. The molecule has 0 aliphatic heterocycles. The summed E-state index contributed by atoms with van der Waals surface area (Å²) in [5.41, 5.74) is 2.16. The number of aliphatic hydroxyl groups excluding tert-OH is 1. The van der Waals surface area contributed by atoms with Gasteiger partial charge in [0.25, 0.3) is 0 Å². The van der Waals surface area contributed by atoms with Crippen LogP contribution in [0.4, 0.5) is 0 Å². The molecule has 1 unspecified atom stereocenters. The topological polar surface area (TPSA) is 49.7 Å². The molecule has 0 aliphatic rings. The minimum atomic E-state index is -1.58. The molecule has 0 spiro atoms. The fourth-order valence-corrected chi connectivity index (χ4v) is 3.28. The van der Waals surface area contributed by atoms with Gasteiger partial charge in [-0.1, -0.05) is 69.8 Å². The third kappa shape index (κ3) is 7.17. The molecule has 1 atom stereocenters. The number of ether oxygens (including phenoxy) is 1. The van der Waals surface area contributed by atoms with E-state index >= 15 is 0 Å². The summed E-state index contributed by atoms with van der Waals surface area (Å²) in [6.07, 6.45) is 3.33. The molecular weight excluding hydrogens is 360 g/mol. The number of aliphatic hydroxyl groups is 2. The molecule has 0 saturated heterocycles. The van der Waals surface area contributed by atoms with Gasteiger partial charge in [0, 0.05) is 10.6 Å². The lowest BCUT2D eigenvalue weighted by atomic mass is 9.98. The van der Waals surface area contributed by atoms with E-state index in [4.69, 9.17) is 16.3 Å². The van der Waals surface area contributed by atoms with Crippen LogP contribution in [0, 0.1) is 11.8 Å². The smallest absolute Gasteiger partial charge is 0.179 e. The summed E-state index contributed by atoms with van der Waals surface area (Å²) >= 11 is 5.99. The van der Waals surface area contributed by atoms with E-state index in [0.717, 1.165) is 35.8 Å². The number of halogens is 1. The lowest BCUT2D eigenvalue weighted by molar-refractivity contribution is -0.0423. The molecule has 2 aromatic carbocycles. The van der Waals surface area contributed by atoms with E-state index in [-0.39, 0.29) is 0 Å². The molecule has 0 radical (unpaired) electrons. The fourth-order valence-electron chi connectivity index (χ4n) is 3.06. The molecule has 0 aliphatic carbocycles. The second-order valence-corrected chi connectivity index (χ2v) is 8.11. The van der Waals surface area contributed by atoms with Gasteiger partial charge in [0.2, 0.25) is 0 Å². The van der Waals surface area contributed by atoms with Gasteiger partial charge >= 0.3 is 0 Å². The predicted molar refractivity (Wildman–Crippen MR) is 112 cm³/mol. The first-order valence-corrected chi connectivity index (χ1v) is 10.1. The van der Waals surface area contributed by atoms with Gasteiger partial charge < -0.3 is 14.9 Å². The Balaban J connectivity index is 1.86. The molecule has 2 N–H and O–H groups in total. The Kier molecular flexibility index (Phi) is 8.62. The number of hydrogen-bond acceptors (Lipinski definition) is 3. The Bertz CT molecular complexity index is 695. The molecule has 0 bridgehead atoms. The van der Waals surface area contributed by atoms with E-state index in [0.29, 0.717) is 16.5 Å². The van der Waals surface area contributed by atoms with Crippen molar-refractivity contribution in [3.05, 3.63) is 53.1 Å². The third-order valence-corrected chi connectivity index (χ3v) is 5.16. The molecule has 2 rings (SSSR count). The van der Waals surface area contributed by atoms with Gasteiger partial charge in [0.05, 0.1) is 6.61 Å². The first-order valence-electron chi connectivity index (χ1n) is 9.75. The zero-order valence-corrected chi connectivity index (χ0v) is 17.2. The minimum Gasteiger partial charge on any atom is -0.494 e. The van der Waals surface area contributed by atoms with Crippen molar-refractivity contribution in [2.24, 2.45) is 11.8 Å². The lowest BCUT2D eigenvalue weighted by Crippen LogP contribution is -2.04. The van der Waals surface area contributed by atoms with E-state index < -0.39 is 6.29 Å². The Morgan fingerprint density at radius 2 is 1.56 bits per heavy atom. The van der Waals surface area contributed by atoms with Gasteiger partial charge in [-0.2, -0.15) is 0 Å². The van der Waals surface area contributed by atoms with Crippen molar-refractivity contribution in [2.75, 3.05) is 6.61 Å². The molecule has 0 aromatic heterocycles. The van der Waals surface area contributed by atoms with Crippen LogP contribution >= 0.6 is 11.6 Å². The Morgan fingerprint density at radius 1 is 0.889 bits per heavy atom. The minimum absolute atomic E-state index is 0.306. The molecule has 148 valence electrons. The van der Waals surface area contributed by atoms with Crippen LogP contribution in [0.1, 0.15) is 58.3 Å². The fraction of sp³-hybridized carbons (Fsp3) is 0.478. The molecule has 0 heterocycles. The summed E-state index contributed by atoms with van der Waals surface area (Å²) in [6, 6.07) is 13.1. The Hall–Kier alpha value is -1.55. The molecular formula is C23H31ClO3. The van der Waals surface area contributed by atoms with Crippen molar-refractivity contribution in [1.82, 2.24) is 0 Å². The largest absolute Gasteiger partial charge is 0.494 e. The third-order valence-electron chi connectivity index (χ3n) is 4.82. The van der Waals surface area contributed by atoms with Crippen molar-refractivity contribution in [3.8, 4) is 16.9 Å². The average molecular weight is 391 g/mol. The quantitative estimate of drug-likeness (QED) is 0.473. The molecule has 0 fully saturated rings. The first-order chi connectivity index (χ1) is 12.9. The molecule has 4 heteroatoms. The van der Waals surface area contributed by atoms with Crippen LogP contribution in [0.15, 0.2) is 42.5 Å². The molecule has 0 saturated carbocycles. The van der Waals surface area contributed by atoms with Crippen molar-refractivity contribution in [3.63, 3.8) is 0 Å². The van der Waals surface area contributed by atoms with E-state index in [2.05, 4.69) is 20.8 Å². The number of hydrogen-bond donors (Lipinski definition) is 2. The van der Waals surface area contributed by atoms with E-state index in [9.17, 15) is 10.2 Å². The highest BCUT2D eigenvalue weighted by atomic mass is 35.5. The van der Waals surface area contributed by atoms with Crippen LogP contribution in [0.3, 0.4) is 0 Å². The molecule has 2 aromatic rings. The Morgan fingerprint density at radius 3 is 2.19 bits per heavy atom. The maximum absolute atomic E-state index is 9.39. The second kappa shape index (κ2) is 10.7. The SMILES string of the molecule is CC(C)CCCC(C)CCOc1ccc(-c2ccc(Cl)c(C(O)O)c2)cc1. The molecule has 27 heavy (non-hydrogen) atoms. The van der Waals surface area contributed by atoms with Crippen molar-refractivity contribution in [2.45, 2.75) is 52.7 Å². The van der Waals surface area contributed by atoms with Gasteiger partial charge in [-0.3, -0.25) is 0 Å². The molecule has 3 nitrogen and oxygen atoms in total. The normalized spacial score (nSPS) is 12.6. The van der Waals surface area contributed by atoms with Gasteiger partial charge in [0.1, 0.15) is 5.75 Å². The zero-order valence-electron chi connectivity index (χ0n) is 16.5. The average Bonchev–Trinajstić information content (AvgIpc) is 2.62. The summed E-state index contributed by atoms with van der Waals surface area (Å²) in [5, 5.41) is 19.1. The van der Waals surface area contributed by atoms with Crippen molar-refractivity contribution in [1.29, 1.82) is 0 Å². The predicted octanol–water partition coefficient (Wildman–Crippen LogP) is 6.22. The van der Waals surface area contributed by atoms with Gasteiger partial charge in [-0.25, -0.2) is 0 Å². The van der Waals surface area contributed by atoms with Gasteiger partial charge in [0.15, 0.2) is 6.29 Å². The van der Waals surface area contributed by atoms with Crippen LogP contribution in [-0.4, -0.2) is 16.8 Å². The van der Waals surface area contributed by atoms with Crippen molar-refractivity contribution >= 4 is 11.6 Å². The maximum Gasteiger partial charge on any atom is 0.179 e.